The molecule has 0 radical (unpaired) electrons. The number of rotatable bonds is 5. The summed E-state index contributed by atoms with van der Waals surface area (Å²) in [5.74, 6) is 0.0188. The third kappa shape index (κ3) is 3.15. The number of carbonyl (C=O) groups excluding carboxylic acids is 2. The van der Waals surface area contributed by atoms with E-state index in [1.165, 1.54) is 11.9 Å². The van der Waals surface area contributed by atoms with Gasteiger partial charge in [-0.2, -0.15) is 0 Å². The highest BCUT2D eigenvalue weighted by molar-refractivity contribution is 5.89. The van der Waals surface area contributed by atoms with Crippen LogP contribution in [0.4, 0.5) is 0 Å². The first-order valence-electron chi connectivity index (χ1n) is 8.54. The molecule has 24 heavy (non-hydrogen) atoms. The minimum Gasteiger partial charge on any atom is -0.391 e. The van der Waals surface area contributed by atoms with Gasteiger partial charge in [0.15, 0.2) is 0 Å². The molecule has 0 aromatic carbocycles. The molecule has 0 spiro atoms. The van der Waals surface area contributed by atoms with Gasteiger partial charge in [-0.25, -0.2) is 4.68 Å². The van der Waals surface area contributed by atoms with Crippen LogP contribution < -0.4 is 5.32 Å². The van der Waals surface area contributed by atoms with Crippen LogP contribution in [0.3, 0.4) is 0 Å². The summed E-state index contributed by atoms with van der Waals surface area (Å²) in [4.78, 5) is 26.6. The summed E-state index contributed by atoms with van der Waals surface area (Å²) in [6.45, 7) is 4.06. The average molecular weight is 335 g/mol. The van der Waals surface area contributed by atoms with Gasteiger partial charge in [-0.1, -0.05) is 19.1 Å². The summed E-state index contributed by atoms with van der Waals surface area (Å²) < 4.78 is 1.62. The Morgan fingerprint density at radius 2 is 2.08 bits per heavy atom. The Morgan fingerprint density at radius 1 is 1.38 bits per heavy atom. The Kier molecular flexibility index (Phi) is 4.58. The number of β-amino-alcohol motifs (C(OH)–C–C–N with tert-alkyl or cyclic N) is 1. The van der Waals surface area contributed by atoms with Crippen LogP contribution in [0.1, 0.15) is 50.8 Å². The van der Waals surface area contributed by atoms with Crippen LogP contribution in [-0.2, 0) is 9.59 Å². The summed E-state index contributed by atoms with van der Waals surface area (Å²) in [5, 5.41) is 20.8. The highest BCUT2D eigenvalue weighted by Crippen LogP contribution is 2.39. The number of likely N-dealkylation sites (tertiary alicyclic amines) is 1. The van der Waals surface area contributed by atoms with Gasteiger partial charge in [-0.3, -0.25) is 9.59 Å². The molecule has 2 heterocycles. The standard InChI is InChI=1S/C16H25N5O3/c1-9(2)14(21-8-12(18-19-21)10-4-5-10)16(24)20-7-11(22)6-13(20)15(23)17-3/h8-11,13-14,22H,4-7H2,1-3H3,(H,17,23)/t11-,13+,14+/m1/s1. The van der Waals surface area contributed by atoms with Gasteiger partial charge in [0.1, 0.15) is 12.1 Å². The second-order valence-corrected chi connectivity index (χ2v) is 7.10. The number of amides is 2. The number of nitrogens with one attached hydrogen (secondary N) is 1. The van der Waals surface area contributed by atoms with Crippen LogP contribution in [0.15, 0.2) is 6.20 Å². The van der Waals surface area contributed by atoms with Crippen molar-refractivity contribution in [1.29, 1.82) is 0 Å². The van der Waals surface area contributed by atoms with Crippen LogP contribution in [-0.4, -0.2) is 62.6 Å². The third-order valence-corrected chi connectivity index (χ3v) is 4.80. The van der Waals surface area contributed by atoms with Crippen molar-refractivity contribution in [2.75, 3.05) is 13.6 Å². The number of aliphatic hydroxyl groups excluding tert-OH is 1. The van der Waals surface area contributed by atoms with E-state index in [0.29, 0.717) is 5.92 Å². The molecule has 2 amide bonds. The zero-order valence-electron chi connectivity index (χ0n) is 14.3. The lowest BCUT2D eigenvalue weighted by atomic mass is 10.0. The quantitative estimate of drug-likeness (QED) is 0.792. The van der Waals surface area contributed by atoms with Crippen molar-refractivity contribution in [2.45, 2.75) is 57.2 Å². The lowest BCUT2D eigenvalue weighted by Crippen LogP contribution is -2.48. The average Bonchev–Trinajstić information content (AvgIpc) is 3.15. The van der Waals surface area contributed by atoms with E-state index in [2.05, 4.69) is 15.6 Å². The maximum Gasteiger partial charge on any atom is 0.248 e. The van der Waals surface area contributed by atoms with Gasteiger partial charge in [0.25, 0.3) is 0 Å². The molecule has 0 unspecified atom stereocenters. The van der Waals surface area contributed by atoms with Crippen LogP contribution in [0.25, 0.3) is 0 Å². The molecule has 1 aliphatic carbocycles. The Bertz CT molecular complexity index is 625. The zero-order chi connectivity index (χ0) is 17.4. The van der Waals surface area contributed by atoms with Crippen molar-refractivity contribution in [3.63, 3.8) is 0 Å². The monoisotopic (exact) mass is 335 g/mol. The van der Waals surface area contributed by atoms with Crippen LogP contribution >= 0.6 is 0 Å². The minimum atomic E-state index is -0.679. The number of hydrogen-bond donors (Lipinski definition) is 2. The van der Waals surface area contributed by atoms with Gasteiger partial charge in [-0.15, -0.1) is 5.10 Å². The van der Waals surface area contributed by atoms with Crippen LogP contribution in [0.5, 0.6) is 0 Å². The fourth-order valence-electron chi connectivity index (χ4n) is 3.34. The van der Waals surface area contributed by atoms with Crippen molar-refractivity contribution in [1.82, 2.24) is 25.2 Å². The Balaban J connectivity index is 1.84. The molecule has 2 aliphatic rings. The Morgan fingerprint density at radius 3 is 2.67 bits per heavy atom. The van der Waals surface area contributed by atoms with Gasteiger partial charge in [0.2, 0.25) is 11.8 Å². The topological polar surface area (TPSA) is 100 Å². The molecular formula is C16H25N5O3. The molecule has 3 atom stereocenters. The number of likely N-dealkylation sites (N-methyl/N-ethyl adjacent to an activating group) is 1. The fraction of sp³-hybridized carbons (Fsp3) is 0.750. The molecule has 8 nitrogen and oxygen atoms in total. The zero-order valence-corrected chi connectivity index (χ0v) is 14.3. The van der Waals surface area contributed by atoms with Gasteiger partial charge in [-0.05, 0) is 18.8 Å². The van der Waals surface area contributed by atoms with Crippen molar-refractivity contribution in [3.05, 3.63) is 11.9 Å². The van der Waals surface area contributed by atoms with Crippen molar-refractivity contribution in [2.24, 2.45) is 5.92 Å². The van der Waals surface area contributed by atoms with E-state index in [1.807, 2.05) is 20.0 Å². The second-order valence-electron chi connectivity index (χ2n) is 7.10. The first-order valence-corrected chi connectivity index (χ1v) is 8.54. The normalized spacial score (nSPS) is 25.1. The number of hydrogen-bond acceptors (Lipinski definition) is 5. The minimum absolute atomic E-state index is 0.00525. The smallest absolute Gasteiger partial charge is 0.248 e. The maximum atomic E-state index is 13.1. The molecule has 1 aromatic rings. The molecule has 2 N–H and O–H groups in total. The van der Waals surface area contributed by atoms with Gasteiger partial charge >= 0.3 is 0 Å². The molecular weight excluding hydrogens is 310 g/mol. The summed E-state index contributed by atoms with van der Waals surface area (Å²) in [5.41, 5.74) is 0.928. The van der Waals surface area contributed by atoms with E-state index in [1.54, 1.807) is 4.68 Å². The number of aliphatic hydroxyl groups is 1. The lowest BCUT2D eigenvalue weighted by molar-refractivity contribution is -0.142. The molecule has 1 aliphatic heterocycles. The van der Waals surface area contributed by atoms with Crippen molar-refractivity contribution >= 4 is 11.8 Å². The molecule has 2 fully saturated rings. The van der Waals surface area contributed by atoms with Crippen LogP contribution in [0, 0.1) is 5.92 Å². The highest BCUT2D eigenvalue weighted by Gasteiger charge is 2.42. The number of nitrogens with zero attached hydrogens (tertiary/aromatic N) is 4. The molecule has 1 aromatic heterocycles. The van der Waals surface area contributed by atoms with Crippen molar-refractivity contribution in [3.8, 4) is 0 Å². The lowest BCUT2D eigenvalue weighted by Gasteiger charge is -2.29. The van der Waals surface area contributed by atoms with Crippen molar-refractivity contribution < 1.29 is 14.7 Å². The third-order valence-electron chi connectivity index (χ3n) is 4.80. The van der Waals surface area contributed by atoms with Gasteiger partial charge < -0.3 is 15.3 Å². The van der Waals surface area contributed by atoms with Gasteiger partial charge in [0.05, 0.1) is 11.8 Å². The summed E-state index contributed by atoms with van der Waals surface area (Å²) in [6.07, 6.45) is 3.68. The largest absolute Gasteiger partial charge is 0.391 e. The molecule has 3 rings (SSSR count). The summed E-state index contributed by atoms with van der Waals surface area (Å²) in [6, 6.07) is -1.16. The van der Waals surface area contributed by atoms with E-state index in [9.17, 15) is 14.7 Å². The molecule has 1 saturated carbocycles. The second kappa shape index (κ2) is 6.51. The van der Waals surface area contributed by atoms with E-state index in [4.69, 9.17) is 0 Å². The molecule has 132 valence electrons. The van der Waals surface area contributed by atoms with E-state index in [0.717, 1.165) is 18.5 Å². The predicted molar refractivity (Wildman–Crippen MR) is 86.1 cm³/mol. The first kappa shape index (κ1) is 16.9. The highest BCUT2D eigenvalue weighted by atomic mass is 16.3. The Labute approximate surface area is 141 Å². The molecule has 0 bridgehead atoms. The van der Waals surface area contributed by atoms with Crippen LogP contribution in [0.2, 0.25) is 0 Å². The van der Waals surface area contributed by atoms with Gasteiger partial charge in [0, 0.05) is 32.1 Å². The van der Waals surface area contributed by atoms with E-state index < -0.39 is 18.2 Å². The predicted octanol–water partition coefficient (Wildman–Crippen LogP) is 0.0604. The Hall–Kier alpha value is -1.96. The van der Waals surface area contributed by atoms with E-state index in [-0.39, 0.29) is 30.7 Å². The number of carbonyl (C=O) groups is 2. The molecule has 8 heteroatoms. The molecule has 1 saturated heterocycles. The summed E-state index contributed by atoms with van der Waals surface area (Å²) >= 11 is 0. The maximum absolute atomic E-state index is 13.1. The SMILES string of the molecule is CNC(=O)[C@@H]1C[C@@H](O)CN1C(=O)[C@H](C(C)C)n1cc(C2CC2)nn1. The number of aromatic nitrogens is 3. The summed E-state index contributed by atoms with van der Waals surface area (Å²) in [7, 11) is 1.54. The first-order chi connectivity index (χ1) is 11.4. The van der Waals surface area contributed by atoms with E-state index >= 15 is 0 Å². The fourth-order valence-corrected chi connectivity index (χ4v) is 3.34.